The molecular formula is C13H24N2O. The molecule has 0 aromatic carbocycles. The fourth-order valence-electron chi connectivity index (χ4n) is 3.34. The molecule has 0 spiro atoms. The third-order valence-electron chi connectivity index (χ3n) is 4.41. The molecule has 0 aromatic rings. The van der Waals surface area contributed by atoms with Gasteiger partial charge in [-0.1, -0.05) is 20.8 Å². The summed E-state index contributed by atoms with van der Waals surface area (Å²) in [6.07, 6.45) is 4.77. The first-order valence-corrected chi connectivity index (χ1v) is 6.43. The zero-order chi connectivity index (χ0) is 11.9. The molecule has 2 unspecified atom stereocenters. The summed E-state index contributed by atoms with van der Waals surface area (Å²) in [7, 11) is 1.73. The molecule has 16 heavy (non-hydrogen) atoms. The minimum atomic E-state index is 0.125. The number of carbonyl (C=O) groups is 1. The first-order chi connectivity index (χ1) is 7.43. The molecule has 2 aliphatic rings. The van der Waals surface area contributed by atoms with Crippen LogP contribution >= 0.6 is 0 Å². The third-order valence-corrected chi connectivity index (χ3v) is 4.41. The number of hydrogen-bond acceptors (Lipinski definition) is 1. The highest BCUT2D eigenvalue weighted by Gasteiger charge is 2.45. The summed E-state index contributed by atoms with van der Waals surface area (Å²) < 4.78 is 0. The maximum absolute atomic E-state index is 11.8. The van der Waals surface area contributed by atoms with E-state index >= 15 is 0 Å². The van der Waals surface area contributed by atoms with Crippen molar-refractivity contribution < 1.29 is 4.79 Å². The molecule has 2 rings (SSSR count). The van der Waals surface area contributed by atoms with Crippen molar-refractivity contribution >= 4 is 6.03 Å². The molecule has 0 aliphatic carbocycles. The van der Waals surface area contributed by atoms with Gasteiger partial charge in [0.1, 0.15) is 0 Å². The maximum Gasteiger partial charge on any atom is 0.317 e. The van der Waals surface area contributed by atoms with E-state index in [1.807, 2.05) is 0 Å². The van der Waals surface area contributed by atoms with E-state index in [4.69, 9.17) is 0 Å². The standard InChI is InChI=1S/C13H24N2O/c1-13(2,3)9-7-10-5-6-11(8-9)15(10)12(16)14-4/h9-11H,5-8H2,1-4H3,(H,14,16). The van der Waals surface area contributed by atoms with Gasteiger partial charge in [0.15, 0.2) is 0 Å². The minimum Gasteiger partial charge on any atom is -0.341 e. The lowest BCUT2D eigenvalue weighted by molar-refractivity contribution is 0.0760. The van der Waals surface area contributed by atoms with Crippen molar-refractivity contribution in [2.45, 2.75) is 58.5 Å². The lowest BCUT2D eigenvalue weighted by atomic mass is 9.73. The average Bonchev–Trinajstić information content (AvgIpc) is 2.46. The lowest BCUT2D eigenvalue weighted by Crippen LogP contribution is -2.51. The summed E-state index contributed by atoms with van der Waals surface area (Å²) in [5.74, 6) is 0.769. The van der Waals surface area contributed by atoms with Crippen LogP contribution in [0.1, 0.15) is 46.5 Å². The number of piperidine rings is 1. The Labute approximate surface area is 98.6 Å². The van der Waals surface area contributed by atoms with Crippen molar-refractivity contribution in [3.63, 3.8) is 0 Å². The van der Waals surface area contributed by atoms with Crippen LogP contribution < -0.4 is 5.32 Å². The van der Waals surface area contributed by atoms with Crippen molar-refractivity contribution in [2.75, 3.05) is 7.05 Å². The first kappa shape index (κ1) is 11.7. The largest absolute Gasteiger partial charge is 0.341 e. The molecule has 3 heteroatoms. The number of carbonyl (C=O) groups excluding carboxylic acids is 1. The highest BCUT2D eigenvalue weighted by molar-refractivity contribution is 5.75. The number of hydrogen-bond donors (Lipinski definition) is 1. The number of urea groups is 1. The molecule has 1 N–H and O–H groups in total. The van der Waals surface area contributed by atoms with Gasteiger partial charge in [0.25, 0.3) is 0 Å². The van der Waals surface area contributed by atoms with E-state index in [1.165, 1.54) is 25.7 Å². The summed E-state index contributed by atoms with van der Waals surface area (Å²) in [6, 6.07) is 1.10. The van der Waals surface area contributed by atoms with E-state index in [0.29, 0.717) is 17.5 Å². The summed E-state index contributed by atoms with van der Waals surface area (Å²) in [5.41, 5.74) is 0.385. The quantitative estimate of drug-likeness (QED) is 0.674. The molecule has 92 valence electrons. The maximum atomic E-state index is 11.8. The zero-order valence-corrected chi connectivity index (χ0v) is 10.9. The van der Waals surface area contributed by atoms with Gasteiger partial charge in [-0.15, -0.1) is 0 Å². The van der Waals surface area contributed by atoms with Crippen LogP contribution in [-0.4, -0.2) is 30.1 Å². The van der Waals surface area contributed by atoms with E-state index in [9.17, 15) is 4.79 Å². The van der Waals surface area contributed by atoms with Crippen molar-refractivity contribution in [3.05, 3.63) is 0 Å². The van der Waals surface area contributed by atoms with Crippen LogP contribution in [-0.2, 0) is 0 Å². The number of fused-ring (bicyclic) bond motifs is 2. The Morgan fingerprint density at radius 1 is 1.19 bits per heavy atom. The Morgan fingerprint density at radius 3 is 2.06 bits per heavy atom. The Kier molecular flexibility index (Phi) is 2.89. The predicted molar refractivity (Wildman–Crippen MR) is 65.3 cm³/mol. The van der Waals surface area contributed by atoms with E-state index in [0.717, 1.165) is 5.92 Å². The first-order valence-electron chi connectivity index (χ1n) is 6.43. The van der Waals surface area contributed by atoms with Crippen molar-refractivity contribution in [1.29, 1.82) is 0 Å². The summed E-state index contributed by atoms with van der Waals surface area (Å²) in [6.45, 7) is 6.98. The van der Waals surface area contributed by atoms with Gasteiger partial charge in [0, 0.05) is 19.1 Å². The fourth-order valence-corrected chi connectivity index (χ4v) is 3.34. The SMILES string of the molecule is CNC(=O)N1C2CCC1CC(C(C)(C)C)C2. The van der Waals surface area contributed by atoms with E-state index in [1.54, 1.807) is 7.05 Å². The normalized spacial score (nSPS) is 34.0. The van der Waals surface area contributed by atoms with Crippen molar-refractivity contribution in [3.8, 4) is 0 Å². The summed E-state index contributed by atoms with van der Waals surface area (Å²) in [5, 5.41) is 2.78. The van der Waals surface area contributed by atoms with Crippen LogP contribution in [0.3, 0.4) is 0 Å². The zero-order valence-electron chi connectivity index (χ0n) is 10.9. The van der Waals surface area contributed by atoms with Gasteiger partial charge in [0.2, 0.25) is 0 Å². The van der Waals surface area contributed by atoms with Gasteiger partial charge in [-0.3, -0.25) is 0 Å². The predicted octanol–water partition coefficient (Wildman–Crippen LogP) is 2.61. The van der Waals surface area contributed by atoms with Gasteiger partial charge in [0.05, 0.1) is 0 Å². The minimum absolute atomic E-state index is 0.125. The Hall–Kier alpha value is -0.730. The Bertz CT molecular complexity index is 268. The number of amides is 2. The smallest absolute Gasteiger partial charge is 0.317 e. The molecule has 2 heterocycles. The summed E-state index contributed by atoms with van der Waals surface area (Å²) >= 11 is 0. The number of nitrogens with zero attached hydrogens (tertiary/aromatic N) is 1. The molecule has 0 radical (unpaired) electrons. The lowest BCUT2D eigenvalue weighted by Gasteiger charge is -2.43. The van der Waals surface area contributed by atoms with E-state index in [2.05, 4.69) is 31.0 Å². The highest BCUT2D eigenvalue weighted by atomic mass is 16.2. The molecule has 2 aliphatic heterocycles. The van der Waals surface area contributed by atoms with Crippen LogP contribution in [0.15, 0.2) is 0 Å². The molecule has 2 fully saturated rings. The van der Waals surface area contributed by atoms with Gasteiger partial charge in [-0.2, -0.15) is 0 Å². The van der Waals surface area contributed by atoms with Crippen LogP contribution in [0.5, 0.6) is 0 Å². The number of nitrogens with one attached hydrogen (secondary N) is 1. The topological polar surface area (TPSA) is 32.3 Å². The molecule has 0 aromatic heterocycles. The Morgan fingerprint density at radius 2 is 1.69 bits per heavy atom. The average molecular weight is 224 g/mol. The molecular weight excluding hydrogens is 200 g/mol. The Balaban J connectivity index is 2.10. The van der Waals surface area contributed by atoms with Gasteiger partial charge < -0.3 is 10.2 Å². The van der Waals surface area contributed by atoms with Crippen molar-refractivity contribution in [2.24, 2.45) is 11.3 Å². The van der Waals surface area contributed by atoms with Crippen LogP contribution in [0.2, 0.25) is 0 Å². The van der Waals surface area contributed by atoms with E-state index < -0.39 is 0 Å². The van der Waals surface area contributed by atoms with Crippen molar-refractivity contribution in [1.82, 2.24) is 10.2 Å². The van der Waals surface area contributed by atoms with Gasteiger partial charge in [-0.05, 0) is 37.0 Å². The van der Waals surface area contributed by atoms with E-state index in [-0.39, 0.29) is 6.03 Å². The molecule has 2 saturated heterocycles. The molecule has 2 atom stereocenters. The van der Waals surface area contributed by atoms with Crippen LogP contribution in [0, 0.1) is 11.3 Å². The second-order valence-electron chi connectivity index (χ2n) is 6.38. The monoisotopic (exact) mass is 224 g/mol. The molecule has 2 bridgehead atoms. The summed E-state index contributed by atoms with van der Waals surface area (Å²) in [4.78, 5) is 13.9. The molecule has 0 saturated carbocycles. The van der Waals surface area contributed by atoms with Crippen LogP contribution in [0.4, 0.5) is 4.79 Å². The highest BCUT2D eigenvalue weighted by Crippen LogP contribution is 2.45. The van der Waals surface area contributed by atoms with Gasteiger partial charge in [-0.25, -0.2) is 4.79 Å². The molecule has 2 amide bonds. The molecule has 3 nitrogen and oxygen atoms in total. The fraction of sp³-hybridized carbons (Fsp3) is 0.923. The second-order valence-corrected chi connectivity index (χ2v) is 6.38. The second kappa shape index (κ2) is 3.94. The number of rotatable bonds is 0. The van der Waals surface area contributed by atoms with Crippen LogP contribution in [0.25, 0.3) is 0 Å². The van der Waals surface area contributed by atoms with Gasteiger partial charge >= 0.3 is 6.03 Å². The third kappa shape index (κ3) is 1.92.